The number of aromatic nitrogens is 2. The van der Waals surface area contributed by atoms with Crippen molar-refractivity contribution in [2.45, 2.75) is 26.4 Å². The van der Waals surface area contributed by atoms with E-state index in [1.807, 2.05) is 30.7 Å². The summed E-state index contributed by atoms with van der Waals surface area (Å²) in [5.74, 6) is 1.44. The van der Waals surface area contributed by atoms with Crippen molar-refractivity contribution in [1.82, 2.24) is 9.55 Å². The van der Waals surface area contributed by atoms with Crippen LogP contribution in [-0.2, 0) is 6.54 Å². The van der Waals surface area contributed by atoms with Gasteiger partial charge in [-0.05, 0) is 26.0 Å². The van der Waals surface area contributed by atoms with Gasteiger partial charge in [-0.3, -0.25) is 0 Å². The van der Waals surface area contributed by atoms with E-state index in [0.717, 1.165) is 22.9 Å². The third-order valence-corrected chi connectivity index (χ3v) is 3.16. The van der Waals surface area contributed by atoms with Gasteiger partial charge in [-0.2, -0.15) is 0 Å². The fraction of sp³-hybridized carbons (Fsp3) is 0.400. The van der Waals surface area contributed by atoms with Crippen molar-refractivity contribution in [1.29, 1.82) is 0 Å². The Morgan fingerprint density at radius 3 is 2.60 bits per heavy atom. The number of imidazole rings is 1. The van der Waals surface area contributed by atoms with Gasteiger partial charge in [0, 0.05) is 24.0 Å². The molecule has 0 aliphatic carbocycles. The summed E-state index contributed by atoms with van der Waals surface area (Å²) in [5.41, 5.74) is 2.13. The van der Waals surface area contributed by atoms with E-state index < -0.39 is 0 Å². The highest BCUT2D eigenvalue weighted by Crippen LogP contribution is 2.29. The molecule has 0 atom stereocenters. The first-order valence-electron chi connectivity index (χ1n) is 6.62. The molecule has 0 saturated heterocycles. The average molecular weight is 275 g/mol. The molecular weight excluding hydrogens is 254 g/mol. The molecule has 1 heterocycles. The van der Waals surface area contributed by atoms with Gasteiger partial charge in [0.05, 0.1) is 32.8 Å². The molecule has 0 amide bonds. The van der Waals surface area contributed by atoms with Crippen molar-refractivity contribution in [3.05, 3.63) is 36.4 Å². The van der Waals surface area contributed by atoms with Crippen molar-refractivity contribution in [3.63, 3.8) is 0 Å². The summed E-state index contributed by atoms with van der Waals surface area (Å²) in [4.78, 5) is 4.20. The van der Waals surface area contributed by atoms with Crippen LogP contribution in [0.15, 0.2) is 30.7 Å². The lowest BCUT2D eigenvalue weighted by molar-refractivity contribution is 0.355. The molecule has 5 heteroatoms. The highest BCUT2D eigenvalue weighted by molar-refractivity contribution is 5.54. The van der Waals surface area contributed by atoms with E-state index in [-0.39, 0.29) is 0 Å². The topological polar surface area (TPSA) is 48.3 Å². The summed E-state index contributed by atoms with van der Waals surface area (Å²) in [6, 6.07) is 6.19. The van der Waals surface area contributed by atoms with E-state index >= 15 is 0 Å². The summed E-state index contributed by atoms with van der Waals surface area (Å²) in [7, 11) is 3.27. The molecule has 0 aliphatic heterocycles. The SMILES string of the molecule is COc1ccc(NCc2cncn2C(C)C)cc1OC. The van der Waals surface area contributed by atoms with Gasteiger partial charge in [0.2, 0.25) is 0 Å². The van der Waals surface area contributed by atoms with Crippen LogP contribution >= 0.6 is 0 Å². The second-order valence-electron chi connectivity index (χ2n) is 4.81. The number of nitrogens with one attached hydrogen (secondary N) is 1. The molecule has 1 aromatic heterocycles. The summed E-state index contributed by atoms with van der Waals surface area (Å²) >= 11 is 0. The second-order valence-corrected chi connectivity index (χ2v) is 4.81. The summed E-state index contributed by atoms with van der Waals surface area (Å²) in [5, 5.41) is 3.37. The zero-order valence-electron chi connectivity index (χ0n) is 12.4. The lowest BCUT2D eigenvalue weighted by Gasteiger charge is -2.14. The number of rotatable bonds is 6. The van der Waals surface area contributed by atoms with Gasteiger partial charge in [-0.25, -0.2) is 4.98 Å². The average Bonchev–Trinajstić information content (AvgIpc) is 2.93. The van der Waals surface area contributed by atoms with Crippen LogP contribution in [0.2, 0.25) is 0 Å². The number of benzene rings is 1. The Balaban J connectivity index is 2.09. The van der Waals surface area contributed by atoms with Crippen LogP contribution in [0.1, 0.15) is 25.6 Å². The smallest absolute Gasteiger partial charge is 0.162 e. The van der Waals surface area contributed by atoms with E-state index in [1.54, 1.807) is 14.2 Å². The third kappa shape index (κ3) is 3.04. The molecule has 0 radical (unpaired) electrons. The van der Waals surface area contributed by atoms with Crippen LogP contribution in [0, 0.1) is 0 Å². The van der Waals surface area contributed by atoms with Crippen molar-refractivity contribution in [2.75, 3.05) is 19.5 Å². The minimum absolute atomic E-state index is 0.403. The van der Waals surface area contributed by atoms with Crippen molar-refractivity contribution >= 4 is 5.69 Å². The van der Waals surface area contributed by atoms with Gasteiger partial charge in [0.25, 0.3) is 0 Å². The van der Waals surface area contributed by atoms with Gasteiger partial charge in [0.1, 0.15) is 0 Å². The van der Waals surface area contributed by atoms with Crippen LogP contribution in [0.3, 0.4) is 0 Å². The molecule has 0 saturated carbocycles. The van der Waals surface area contributed by atoms with Gasteiger partial charge in [0.15, 0.2) is 11.5 Å². The number of hydrogen-bond acceptors (Lipinski definition) is 4. The molecule has 2 aromatic rings. The van der Waals surface area contributed by atoms with Gasteiger partial charge < -0.3 is 19.4 Å². The van der Waals surface area contributed by atoms with E-state index in [4.69, 9.17) is 9.47 Å². The van der Waals surface area contributed by atoms with Gasteiger partial charge >= 0.3 is 0 Å². The maximum atomic E-state index is 5.29. The fourth-order valence-corrected chi connectivity index (χ4v) is 2.07. The number of hydrogen-bond donors (Lipinski definition) is 1. The Bertz CT molecular complexity index is 564. The van der Waals surface area contributed by atoms with Crippen LogP contribution in [0.4, 0.5) is 5.69 Å². The Morgan fingerprint density at radius 2 is 1.95 bits per heavy atom. The van der Waals surface area contributed by atoms with E-state index in [9.17, 15) is 0 Å². The van der Waals surface area contributed by atoms with Crippen molar-refractivity contribution in [3.8, 4) is 11.5 Å². The second kappa shape index (κ2) is 6.32. The number of nitrogens with zero attached hydrogens (tertiary/aromatic N) is 2. The summed E-state index contributed by atoms with van der Waals surface area (Å²) in [6.45, 7) is 5.00. The largest absolute Gasteiger partial charge is 0.493 e. The molecule has 1 N–H and O–H groups in total. The molecule has 0 unspecified atom stereocenters. The Kier molecular flexibility index (Phi) is 4.50. The lowest BCUT2D eigenvalue weighted by Crippen LogP contribution is -2.08. The number of methoxy groups -OCH3 is 2. The molecule has 0 fully saturated rings. The molecule has 5 nitrogen and oxygen atoms in total. The number of ether oxygens (including phenoxy) is 2. The van der Waals surface area contributed by atoms with Gasteiger partial charge in [-0.1, -0.05) is 0 Å². The van der Waals surface area contributed by atoms with Crippen LogP contribution < -0.4 is 14.8 Å². The van der Waals surface area contributed by atoms with Crippen LogP contribution in [0.5, 0.6) is 11.5 Å². The van der Waals surface area contributed by atoms with Crippen molar-refractivity contribution in [2.24, 2.45) is 0 Å². The first-order valence-corrected chi connectivity index (χ1v) is 6.62. The molecule has 0 aliphatic rings. The normalized spacial score (nSPS) is 10.7. The van der Waals surface area contributed by atoms with Crippen LogP contribution in [-0.4, -0.2) is 23.8 Å². The van der Waals surface area contributed by atoms with E-state index in [1.165, 1.54) is 0 Å². The predicted molar refractivity (Wildman–Crippen MR) is 79.5 cm³/mol. The first-order chi connectivity index (χ1) is 9.65. The molecular formula is C15H21N3O2. The molecule has 0 bridgehead atoms. The van der Waals surface area contributed by atoms with Gasteiger partial charge in [-0.15, -0.1) is 0 Å². The summed E-state index contributed by atoms with van der Waals surface area (Å²) < 4.78 is 12.7. The van der Waals surface area contributed by atoms with E-state index in [0.29, 0.717) is 12.6 Å². The third-order valence-electron chi connectivity index (χ3n) is 3.16. The van der Waals surface area contributed by atoms with E-state index in [2.05, 4.69) is 28.7 Å². The number of anilines is 1. The molecule has 20 heavy (non-hydrogen) atoms. The van der Waals surface area contributed by atoms with Crippen LogP contribution in [0.25, 0.3) is 0 Å². The predicted octanol–water partition coefficient (Wildman–Crippen LogP) is 3.09. The zero-order chi connectivity index (χ0) is 14.5. The minimum Gasteiger partial charge on any atom is -0.493 e. The van der Waals surface area contributed by atoms with Crippen molar-refractivity contribution < 1.29 is 9.47 Å². The maximum absolute atomic E-state index is 5.29. The summed E-state index contributed by atoms with van der Waals surface area (Å²) in [6.07, 6.45) is 3.74. The highest BCUT2D eigenvalue weighted by Gasteiger charge is 2.07. The molecule has 0 spiro atoms. The Hall–Kier alpha value is -2.17. The monoisotopic (exact) mass is 275 g/mol. The minimum atomic E-state index is 0.403. The highest BCUT2D eigenvalue weighted by atomic mass is 16.5. The standard InChI is InChI=1S/C15H21N3O2/c1-11(2)18-10-16-8-13(18)9-17-12-5-6-14(19-3)15(7-12)20-4/h5-8,10-11,17H,9H2,1-4H3. The maximum Gasteiger partial charge on any atom is 0.162 e. The molecule has 1 aromatic carbocycles. The zero-order valence-corrected chi connectivity index (χ0v) is 12.4. The lowest BCUT2D eigenvalue weighted by atomic mass is 10.2. The quantitative estimate of drug-likeness (QED) is 0.880. The first kappa shape index (κ1) is 14.2. The molecule has 108 valence electrons. The Morgan fingerprint density at radius 1 is 1.20 bits per heavy atom. The Labute approximate surface area is 119 Å². The fourth-order valence-electron chi connectivity index (χ4n) is 2.07. The molecule has 2 rings (SSSR count).